The molecule has 4 rings (SSSR count). The zero-order valence-electron chi connectivity index (χ0n) is 15.0. The minimum atomic E-state index is 0.224. The molecule has 0 spiro atoms. The van der Waals surface area contributed by atoms with Gasteiger partial charge in [0.05, 0.1) is 10.0 Å². The van der Waals surface area contributed by atoms with Gasteiger partial charge in [0.25, 0.3) is 0 Å². The van der Waals surface area contributed by atoms with E-state index in [1.54, 1.807) is 12.1 Å². The monoisotopic (exact) mass is 418 g/mol. The quantitative estimate of drug-likeness (QED) is 0.477. The average molecular weight is 419 g/mol. The van der Waals surface area contributed by atoms with Crippen LogP contribution >= 0.6 is 23.2 Å². The van der Waals surface area contributed by atoms with Crippen molar-refractivity contribution in [3.63, 3.8) is 0 Å². The molecule has 7 nitrogen and oxygen atoms in total. The van der Waals surface area contributed by atoms with E-state index in [2.05, 4.69) is 25.8 Å². The molecule has 1 aliphatic rings. The number of hydrogen-bond acceptors (Lipinski definition) is 6. The standard InChI is InChI=1S/C19H20Cl2N6O/c20-15-8-13(24-19-25-18(22)26-27-19)9-16(21)17(15)11-3-5-14(6-4-11)28-10-12-2-1-7-23-12/h3-6,8-9,12,23H,1-2,7,10H2,(H4,22,24,25,26,27). The lowest BCUT2D eigenvalue weighted by molar-refractivity contribution is 0.277. The fourth-order valence-electron chi connectivity index (χ4n) is 3.19. The molecule has 9 heteroatoms. The molecule has 2 heterocycles. The summed E-state index contributed by atoms with van der Waals surface area (Å²) < 4.78 is 5.86. The second-order valence-electron chi connectivity index (χ2n) is 6.61. The zero-order chi connectivity index (χ0) is 19.5. The number of aromatic nitrogens is 3. The van der Waals surface area contributed by atoms with Crippen LogP contribution in [0, 0.1) is 0 Å². The van der Waals surface area contributed by atoms with Crippen molar-refractivity contribution in [3.8, 4) is 16.9 Å². The second kappa shape index (κ2) is 8.26. The number of nitrogens with one attached hydrogen (secondary N) is 3. The minimum absolute atomic E-state index is 0.224. The van der Waals surface area contributed by atoms with Crippen LogP contribution in [-0.4, -0.2) is 34.4 Å². The SMILES string of the molecule is Nc1nc(Nc2cc(Cl)c(-c3ccc(OCC4CCCN4)cc3)c(Cl)c2)n[nH]1. The first kappa shape index (κ1) is 18.9. The molecule has 1 saturated heterocycles. The third kappa shape index (κ3) is 4.32. The van der Waals surface area contributed by atoms with E-state index >= 15 is 0 Å². The molecule has 1 atom stereocenters. The molecule has 1 unspecified atom stereocenters. The Kier molecular flexibility index (Phi) is 5.57. The Bertz CT molecular complexity index is 930. The van der Waals surface area contributed by atoms with Gasteiger partial charge in [-0.3, -0.25) is 0 Å². The van der Waals surface area contributed by atoms with E-state index in [4.69, 9.17) is 33.7 Å². The predicted molar refractivity (Wildman–Crippen MR) is 112 cm³/mol. The van der Waals surface area contributed by atoms with Gasteiger partial charge in [0, 0.05) is 17.3 Å². The number of ether oxygens (including phenoxy) is 1. The molecule has 146 valence electrons. The molecule has 1 aliphatic heterocycles. The van der Waals surface area contributed by atoms with E-state index in [1.807, 2.05) is 24.3 Å². The van der Waals surface area contributed by atoms with E-state index in [-0.39, 0.29) is 5.95 Å². The smallest absolute Gasteiger partial charge is 0.248 e. The van der Waals surface area contributed by atoms with Gasteiger partial charge in [-0.15, -0.1) is 5.10 Å². The summed E-state index contributed by atoms with van der Waals surface area (Å²) in [5, 5.41) is 14.0. The van der Waals surface area contributed by atoms with Gasteiger partial charge >= 0.3 is 0 Å². The first-order valence-electron chi connectivity index (χ1n) is 8.99. The Hall–Kier alpha value is -2.48. The van der Waals surface area contributed by atoms with Crippen molar-refractivity contribution in [2.75, 3.05) is 24.2 Å². The van der Waals surface area contributed by atoms with Crippen LogP contribution in [0.4, 0.5) is 17.6 Å². The van der Waals surface area contributed by atoms with E-state index < -0.39 is 0 Å². The number of anilines is 3. The van der Waals surface area contributed by atoms with Crippen LogP contribution in [-0.2, 0) is 0 Å². The van der Waals surface area contributed by atoms with Crippen LogP contribution < -0.4 is 21.1 Å². The Balaban J connectivity index is 1.48. The second-order valence-corrected chi connectivity index (χ2v) is 7.43. The molecule has 0 amide bonds. The number of hydrogen-bond donors (Lipinski definition) is 4. The number of H-pyrrole nitrogens is 1. The molecule has 1 fully saturated rings. The van der Waals surface area contributed by atoms with E-state index in [9.17, 15) is 0 Å². The van der Waals surface area contributed by atoms with Crippen molar-refractivity contribution in [2.24, 2.45) is 0 Å². The normalized spacial score (nSPS) is 16.3. The van der Waals surface area contributed by atoms with Crippen LogP contribution in [0.2, 0.25) is 10.0 Å². The number of rotatable bonds is 6. The number of nitrogens with two attached hydrogens (primary N) is 1. The highest BCUT2D eigenvalue weighted by molar-refractivity contribution is 6.39. The number of nitrogens with zero attached hydrogens (tertiary/aromatic N) is 2. The van der Waals surface area contributed by atoms with Crippen molar-refractivity contribution in [3.05, 3.63) is 46.4 Å². The largest absolute Gasteiger partial charge is 0.492 e. The van der Waals surface area contributed by atoms with Crippen LogP contribution in [0.1, 0.15) is 12.8 Å². The maximum absolute atomic E-state index is 6.49. The highest BCUT2D eigenvalue weighted by Crippen LogP contribution is 2.38. The summed E-state index contributed by atoms with van der Waals surface area (Å²) in [4.78, 5) is 4.00. The lowest BCUT2D eigenvalue weighted by Gasteiger charge is -2.14. The Labute approximate surface area is 172 Å². The minimum Gasteiger partial charge on any atom is -0.492 e. The molecular formula is C19H20Cl2N6O. The van der Waals surface area contributed by atoms with Gasteiger partial charge in [-0.05, 0) is 49.2 Å². The highest BCUT2D eigenvalue weighted by atomic mass is 35.5. The number of nitrogen functional groups attached to an aromatic ring is 1. The molecule has 28 heavy (non-hydrogen) atoms. The molecule has 0 aliphatic carbocycles. The topological polar surface area (TPSA) is 101 Å². The van der Waals surface area contributed by atoms with Gasteiger partial charge in [-0.1, -0.05) is 35.3 Å². The van der Waals surface area contributed by atoms with Crippen molar-refractivity contribution in [1.29, 1.82) is 0 Å². The van der Waals surface area contributed by atoms with Crippen LogP contribution in [0.5, 0.6) is 5.75 Å². The summed E-state index contributed by atoms with van der Waals surface area (Å²) in [5.74, 6) is 1.39. The third-order valence-electron chi connectivity index (χ3n) is 4.56. The molecular weight excluding hydrogens is 399 g/mol. The molecule has 0 radical (unpaired) electrons. The summed E-state index contributed by atoms with van der Waals surface area (Å²) in [6.45, 7) is 1.74. The maximum Gasteiger partial charge on any atom is 0.248 e. The Morgan fingerprint density at radius 2 is 1.93 bits per heavy atom. The predicted octanol–water partition coefficient (Wildman–Crippen LogP) is 4.24. The fraction of sp³-hybridized carbons (Fsp3) is 0.263. The molecule has 5 N–H and O–H groups in total. The lowest BCUT2D eigenvalue weighted by atomic mass is 10.0. The highest BCUT2D eigenvalue weighted by Gasteiger charge is 2.15. The molecule has 2 aromatic carbocycles. The average Bonchev–Trinajstić information content (AvgIpc) is 3.32. The van der Waals surface area contributed by atoms with Gasteiger partial charge in [0.1, 0.15) is 12.4 Å². The van der Waals surface area contributed by atoms with Crippen LogP contribution in [0.25, 0.3) is 11.1 Å². The van der Waals surface area contributed by atoms with Gasteiger partial charge in [0.15, 0.2) is 0 Å². The van der Waals surface area contributed by atoms with Crippen molar-refractivity contribution >= 4 is 40.8 Å². The Morgan fingerprint density at radius 3 is 2.54 bits per heavy atom. The third-order valence-corrected chi connectivity index (χ3v) is 5.15. The van der Waals surface area contributed by atoms with Crippen LogP contribution in [0.3, 0.4) is 0 Å². The number of benzene rings is 2. The van der Waals surface area contributed by atoms with Crippen molar-refractivity contribution in [2.45, 2.75) is 18.9 Å². The summed E-state index contributed by atoms with van der Waals surface area (Å²) in [5.41, 5.74) is 7.86. The van der Waals surface area contributed by atoms with E-state index in [1.165, 1.54) is 6.42 Å². The van der Waals surface area contributed by atoms with E-state index in [0.717, 1.165) is 29.8 Å². The van der Waals surface area contributed by atoms with Gasteiger partial charge in [-0.25, -0.2) is 5.10 Å². The molecule has 0 bridgehead atoms. The lowest BCUT2D eigenvalue weighted by Crippen LogP contribution is -2.28. The summed E-state index contributed by atoms with van der Waals surface area (Å²) in [6.07, 6.45) is 2.36. The maximum atomic E-state index is 6.49. The van der Waals surface area contributed by atoms with E-state index in [0.29, 0.717) is 34.3 Å². The molecule has 0 saturated carbocycles. The molecule has 3 aromatic rings. The summed E-state index contributed by atoms with van der Waals surface area (Å²) >= 11 is 13.0. The van der Waals surface area contributed by atoms with Crippen molar-refractivity contribution in [1.82, 2.24) is 20.5 Å². The van der Waals surface area contributed by atoms with Gasteiger partial charge < -0.3 is 21.1 Å². The summed E-state index contributed by atoms with van der Waals surface area (Å²) in [6, 6.07) is 11.7. The van der Waals surface area contributed by atoms with Gasteiger partial charge in [0.2, 0.25) is 11.9 Å². The summed E-state index contributed by atoms with van der Waals surface area (Å²) in [7, 11) is 0. The van der Waals surface area contributed by atoms with Crippen LogP contribution in [0.15, 0.2) is 36.4 Å². The molecule has 1 aromatic heterocycles. The number of aromatic amines is 1. The zero-order valence-corrected chi connectivity index (χ0v) is 16.5. The Morgan fingerprint density at radius 1 is 1.18 bits per heavy atom. The number of halogens is 2. The first-order valence-corrected chi connectivity index (χ1v) is 9.74. The fourth-order valence-corrected chi connectivity index (χ4v) is 3.90. The van der Waals surface area contributed by atoms with Gasteiger partial charge in [-0.2, -0.15) is 4.98 Å². The first-order chi connectivity index (χ1) is 13.6. The van der Waals surface area contributed by atoms with Crippen molar-refractivity contribution < 1.29 is 4.74 Å².